The largest absolute Gasteiger partial charge is 0.383 e. The number of nitrogens with two attached hydrogens (primary N) is 1. The average Bonchev–Trinajstić information content (AvgIpc) is 2.29. The van der Waals surface area contributed by atoms with Gasteiger partial charge in [0.05, 0.1) is 5.56 Å². The molecule has 0 aliphatic carbocycles. The predicted molar refractivity (Wildman–Crippen MR) is 61.1 cm³/mol. The van der Waals surface area contributed by atoms with Gasteiger partial charge < -0.3 is 5.73 Å². The first-order valence-corrected chi connectivity index (χ1v) is 4.87. The Balaban J connectivity index is 2.48. The Bertz CT molecular complexity index is 490. The summed E-state index contributed by atoms with van der Waals surface area (Å²) in [6, 6.07) is 6.96. The second-order valence-corrected chi connectivity index (χ2v) is 3.43. The predicted octanol–water partition coefficient (Wildman–Crippen LogP) is 1.60. The first-order valence-electron chi connectivity index (χ1n) is 4.87. The summed E-state index contributed by atoms with van der Waals surface area (Å²) in [5.41, 5.74) is 7.29. The van der Waals surface area contributed by atoms with Gasteiger partial charge >= 0.3 is 0 Å². The van der Waals surface area contributed by atoms with Crippen molar-refractivity contribution in [2.75, 3.05) is 5.73 Å². The van der Waals surface area contributed by atoms with Crippen molar-refractivity contribution in [3.63, 3.8) is 0 Å². The topological polar surface area (TPSA) is 68.9 Å². The maximum atomic E-state index is 12.1. The van der Waals surface area contributed by atoms with E-state index in [1.807, 2.05) is 13.0 Å². The van der Waals surface area contributed by atoms with E-state index >= 15 is 0 Å². The number of aromatic nitrogens is 2. The summed E-state index contributed by atoms with van der Waals surface area (Å²) in [6.45, 7) is 1.84. The molecule has 0 fully saturated rings. The number of hydrogen-bond acceptors (Lipinski definition) is 4. The highest BCUT2D eigenvalue weighted by molar-refractivity contribution is 6.11. The van der Waals surface area contributed by atoms with Gasteiger partial charge in [-0.25, -0.2) is 4.98 Å². The van der Waals surface area contributed by atoms with Gasteiger partial charge in [-0.2, -0.15) is 0 Å². The smallest absolute Gasteiger partial charge is 0.215 e. The molecule has 0 amide bonds. The van der Waals surface area contributed by atoms with Crippen LogP contribution in [0.1, 0.15) is 21.6 Å². The van der Waals surface area contributed by atoms with Crippen molar-refractivity contribution in [3.8, 4) is 0 Å². The van der Waals surface area contributed by atoms with E-state index in [2.05, 4.69) is 9.97 Å². The Morgan fingerprint density at radius 1 is 1.19 bits per heavy atom. The van der Waals surface area contributed by atoms with Gasteiger partial charge in [0.25, 0.3) is 0 Å². The molecule has 0 unspecified atom stereocenters. The van der Waals surface area contributed by atoms with E-state index in [1.165, 1.54) is 0 Å². The van der Waals surface area contributed by atoms with Crippen molar-refractivity contribution in [1.82, 2.24) is 9.97 Å². The van der Waals surface area contributed by atoms with Crippen molar-refractivity contribution >= 4 is 11.6 Å². The van der Waals surface area contributed by atoms with Crippen LogP contribution in [0, 0.1) is 6.92 Å². The highest BCUT2D eigenvalue weighted by Crippen LogP contribution is 2.14. The van der Waals surface area contributed by atoms with Crippen LogP contribution in [-0.4, -0.2) is 15.8 Å². The molecule has 80 valence electrons. The zero-order valence-corrected chi connectivity index (χ0v) is 8.84. The number of nitrogens with zero attached hydrogens (tertiary/aromatic N) is 2. The Labute approximate surface area is 93.2 Å². The molecule has 0 atom stereocenters. The van der Waals surface area contributed by atoms with Gasteiger partial charge in [-0.15, -0.1) is 0 Å². The van der Waals surface area contributed by atoms with Crippen LogP contribution < -0.4 is 5.73 Å². The lowest BCUT2D eigenvalue weighted by atomic mass is 10.1. The lowest BCUT2D eigenvalue weighted by Crippen LogP contribution is -2.09. The van der Waals surface area contributed by atoms with Crippen LogP contribution in [0.4, 0.5) is 5.82 Å². The lowest BCUT2D eigenvalue weighted by Gasteiger charge is -2.04. The van der Waals surface area contributed by atoms with Gasteiger partial charge in [-0.1, -0.05) is 6.07 Å². The fourth-order valence-corrected chi connectivity index (χ4v) is 1.46. The number of aryl methyl sites for hydroxylation is 1. The normalized spacial score (nSPS) is 10.1. The number of nitrogen functional groups attached to an aromatic ring is 1. The highest BCUT2D eigenvalue weighted by Gasteiger charge is 2.15. The first-order chi connectivity index (χ1) is 7.70. The minimum atomic E-state index is -0.191. The van der Waals surface area contributed by atoms with E-state index < -0.39 is 0 Å². The minimum Gasteiger partial charge on any atom is -0.383 e. The van der Waals surface area contributed by atoms with Gasteiger partial charge in [-0.3, -0.25) is 9.78 Å². The Hall–Kier alpha value is -2.23. The van der Waals surface area contributed by atoms with Gasteiger partial charge in [0.1, 0.15) is 11.5 Å². The molecule has 0 aromatic carbocycles. The molecule has 0 bridgehead atoms. The summed E-state index contributed by atoms with van der Waals surface area (Å²) in [7, 11) is 0. The monoisotopic (exact) mass is 213 g/mol. The fraction of sp³-hybridized carbons (Fsp3) is 0.0833. The lowest BCUT2D eigenvalue weighted by molar-refractivity contribution is 0.103. The molecule has 0 spiro atoms. The van der Waals surface area contributed by atoms with Crippen molar-refractivity contribution in [3.05, 3.63) is 53.5 Å². The molecular weight excluding hydrogens is 202 g/mol. The number of anilines is 1. The third-order valence-corrected chi connectivity index (χ3v) is 2.31. The Morgan fingerprint density at radius 2 is 1.88 bits per heavy atom. The molecule has 0 saturated heterocycles. The summed E-state index contributed by atoms with van der Waals surface area (Å²) in [4.78, 5) is 20.1. The van der Waals surface area contributed by atoms with Crippen molar-refractivity contribution in [2.24, 2.45) is 0 Å². The van der Waals surface area contributed by atoms with Gasteiger partial charge in [-0.05, 0) is 30.7 Å². The van der Waals surface area contributed by atoms with E-state index in [9.17, 15) is 4.79 Å². The molecule has 2 N–H and O–H groups in total. The first kappa shape index (κ1) is 10.3. The summed E-state index contributed by atoms with van der Waals surface area (Å²) < 4.78 is 0. The summed E-state index contributed by atoms with van der Waals surface area (Å²) >= 11 is 0. The number of hydrogen-bond donors (Lipinski definition) is 1. The van der Waals surface area contributed by atoms with Crippen LogP contribution in [0.15, 0.2) is 36.7 Å². The summed E-state index contributed by atoms with van der Waals surface area (Å²) in [5, 5.41) is 0. The number of carbonyl (C=O) groups is 1. The molecule has 0 aliphatic heterocycles. The SMILES string of the molecule is Cc1cccnc1C(=O)c1cccnc1N. The molecule has 4 nitrogen and oxygen atoms in total. The van der Waals surface area contributed by atoms with E-state index in [-0.39, 0.29) is 11.6 Å². The summed E-state index contributed by atoms with van der Waals surface area (Å²) in [5.74, 6) is 0.0428. The van der Waals surface area contributed by atoms with Gasteiger partial charge in [0.15, 0.2) is 0 Å². The minimum absolute atomic E-state index is 0.191. The second kappa shape index (κ2) is 4.10. The molecule has 0 aliphatic rings. The molecular formula is C12H11N3O. The van der Waals surface area contributed by atoms with Crippen LogP contribution in [0.5, 0.6) is 0 Å². The standard InChI is InChI=1S/C12H11N3O/c1-8-4-2-6-14-10(8)11(16)9-5-3-7-15-12(9)13/h2-7H,1H3,(H2,13,15). The average molecular weight is 213 g/mol. The number of carbonyl (C=O) groups excluding carboxylic acids is 1. The zero-order valence-electron chi connectivity index (χ0n) is 8.84. The van der Waals surface area contributed by atoms with Crippen LogP contribution in [0.3, 0.4) is 0 Å². The van der Waals surface area contributed by atoms with E-state index in [4.69, 9.17) is 5.73 Å². The quantitative estimate of drug-likeness (QED) is 0.769. The maximum Gasteiger partial charge on any atom is 0.215 e. The molecule has 2 aromatic rings. The van der Waals surface area contributed by atoms with E-state index in [1.54, 1.807) is 30.6 Å². The Morgan fingerprint density at radius 3 is 2.56 bits per heavy atom. The number of pyridine rings is 2. The van der Waals surface area contributed by atoms with Crippen molar-refractivity contribution in [2.45, 2.75) is 6.92 Å². The van der Waals surface area contributed by atoms with Gasteiger partial charge in [0.2, 0.25) is 5.78 Å². The fourth-order valence-electron chi connectivity index (χ4n) is 1.46. The molecule has 4 heteroatoms. The van der Waals surface area contributed by atoms with E-state index in [0.29, 0.717) is 11.3 Å². The number of rotatable bonds is 2. The molecule has 2 aromatic heterocycles. The molecule has 2 heterocycles. The van der Waals surface area contributed by atoms with Crippen LogP contribution in [-0.2, 0) is 0 Å². The van der Waals surface area contributed by atoms with Gasteiger partial charge in [0, 0.05) is 12.4 Å². The molecule has 2 rings (SSSR count). The van der Waals surface area contributed by atoms with Crippen LogP contribution in [0.25, 0.3) is 0 Å². The van der Waals surface area contributed by atoms with Crippen molar-refractivity contribution < 1.29 is 4.79 Å². The Kier molecular flexibility index (Phi) is 2.64. The second-order valence-electron chi connectivity index (χ2n) is 3.43. The number of ketones is 1. The third-order valence-electron chi connectivity index (χ3n) is 2.31. The summed E-state index contributed by atoms with van der Waals surface area (Å²) in [6.07, 6.45) is 3.14. The van der Waals surface area contributed by atoms with Crippen LogP contribution in [0.2, 0.25) is 0 Å². The maximum absolute atomic E-state index is 12.1. The molecule has 0 radical (unpaired) electrons. The van der Waals surface area contributed by atoms with Crippen molar-refractivity contribution in [1.29, 1.82) is 0 Å². The molecule has 0 saturated carbocycles. The third kappa shape index (κ3) is 1.77. The zero-order chi connectivity index (χ0) is 11.5. The highest BCUT2D eigenvalue weighted by atomic mass is 16.1. The van der Waals surface area contributed by atoms with E-state index in [0.717, 1.165) is 5.56 Å². The molecule has 16 heavy (non-hydrogen) atoms. The van der Waals surface area contributed by atoms with Crippen LogP contribution >= 0.6 is 0 Å².